The fourth-order valence-corrected chi connectivity index (χ4v) is 2.39. The van der Waals surface area contributed by atoms with Crippen molar-refractivity contribution >= 4 is 23.2 Å². The number of amides is 1. The lowest BCUT2D eigenvalue weighted by Gasteiger charge is -2.11. The summed E-state index contributed by atoms with van der Waals surface area (Å²) in [7, 11) is 0. The van der Waals surface area contributed by atoms with Gasteiger partial charge in [0, 0.05) is 10.7 Å². The zero-order valence-electron chi connectivity index (χ0n) is 14.8. The van der Waals surface area contributed by atoms with Gasteiger partial charge in [-0.15, -0.1) is 0 Å². The fraction of sp³-hybridized carbons (Fsp3) is 0.350. The third-order valence-electron chi connectivity index (χ3n) is 3.60. The Morgan fingerprint density at radius 3 is 2.48 bits per heavy atom. The summed E-state index contributed by atoms with van der Waals surface area (Å²) < 4.78 is 11.2. The lowest BCUT2D eigenvalue weighted by Crippen LogP contribution is -2.20. The third-order valence-corrected chi connectivity index (χ3v) is 3.83. The summed E-state index contributed by atoms with van der Waals surface area (Å²) in [6.07, 6.45) is 1.01. The Hall–Kier alpha value is -2.20. The van der Waals surface area contributed by atoms with Gasteiger partial charge in [0.1, 0.15) is 11.5 Å². The molecular weight excluding hydrogens is 338 g/mol. The van der Waals surface area contributed by atoms with Crippen LogP contribution in [0.5, 0.6) is 11.5 Å². The Morgan fingerprint density at radius 1 is 1.12 bits per heavy atom. The Labute approximate surface area is 154 Å². The number of halogens is 1. The number of ether oxygens (including phenoxy) is 2. The maximum atomic E-state index is 12.0. The predicted octanol–water partition coefficient (Wildman–Crippen LogP) is 5.09. The van der Waals surface area contributed by atoms with Gasteiger partial charge in [0.25, 0.3) is 5.91 Å². The molecule has 0 aliphatic heterocycles. The molecule has 25 heavy (non-hydrogen) atoms. The van der Waals surface area contributed by atoms with Crippen LogP contribution in [0.2, 0.25) is 5.02 Å². The molecule has 0 spiro atoms. The second-order valence-electron chi connectivity index (χ2n) is 6.30. The molecule has 0 heterocycles. The molecule has 4 nitrogen and oxygen atoms in total. The van der Waals surface area contributed by atoms with Crippen molar-refractivity contribution in [2.45, 2.75) is 27.2 Å². The van der Waals surface area contributed by atoms with Crippen LogP contribution in [0.3, 0.4) is 0 Å². The van der Waals surface area contributed by atoms with Crippen LogP contribution in [-0.4, -0.2) is 19.1 Å². The van der Waals surface area contributed by atoms with Crippen LogP contribution in [0.25, 0.3) is 0 Å². The van der Waals surface area contributed by atoms with Crippen molar-refractivity contribution in [3.8, 4) is 11.5 Å². The second-order valence-corrected chi connectivity index (χ2v) is 6.74. The number of rotatable bonds is 8. The first-order valence-electron chi connectivity index (χ1n) is 8.35. The van der Waals surface area contributed by atoms with E-state index in [9.17, 15) is 4.79 Å². The number of benzene rings is 2. The number of hydrogen-bond acceptors (Lipinski definition) is 3. The fourth-order valence-electron chi connectivity index (χ4n) is 2.16. The highest BCUT2D eigenvalue weighted by atomic mass is 35.5. The molecular formula is C20H24ClNO3. The lowest BCUT2D eigenvalue weighted by atomic mass is 10.1. The van der Waals surface area contributed by atoms with Crippen LogP contribution in [0.1, 0.15) is 25.8 Å². The number of carbonyl (C=O) groups excluding carboxylic acids is 1. The highest BCUT2D eigenvalue weighted by molar-refractivity contribution is 6.30. The van der Waals surface area contributed by atoms with Gasteiger partial charge >= 0.3 is 0 Å². The van der Waals surface area contributed by atoms with Crippen molar-refractivity contribution in [1.29, 1.82) is 0 Å². The maximum Gasteiger partial charge on any atom is 0.262 e. The minimum absolute atomic E-state index is 0.0604. The normalized spacial score (nSPS) is 10.6. The van der Waals surface area contributed by atoms with Crippen molar-refractivity contribution in [1.82, 2.24) is 0 Å². The number of aryl methyl sites for hydroxylation is 1. The average Bonchev–Trinajstić information content (AvgIpc) is 2.55. The number of carbonyl (C=O) groups is 1. The van der Waals surface area contributed by atoms with Gasteiger partial charge in [-0.05, 0) is 67.3 Å². The van der Waals surface area contributed by atoms with Crippen molar-refractivity contribution in [2.75, 3.05) is 18.5 Å². The second kappa shape index (κ2) is 9.33. The van der Waals surface area contributed by atoms with Crippen molar-refractivity contribution < 1.29 is 14.3 Å². The smallest absolute Gasteiger partial charge is 0.262 e. The molecule has 0 saturated carbocycles. The van der Waals surface area contributed by atoms with Crippen LogP contribution in [0, 0.1) is 12.8 Å². The van der Waals surface area contributed by atoms with Gasteiger partial charge in [0.15, 0.2) is 6.61 Å². The zero-order valence-corrected chi connectivity index (χ0v) is 15.6. The van der Waals surface area contributed by atoms with E-state index in [0.717, 1.165) is 17.7 Å². The molecule has 0 aromatic heterocycles. The summed E-state index contributed by atoms with van der Waals surface area (Å²) in [5, 5.41) is 3.44. The number of nitrogens with one attached hydrogen (secondary N) is 1. The molecule has 0 aliphatic rings. The predicted molar refractivity (Wildman–Crippen MR) is 102 cm³/mol. The van der Waals surface area contributed by atoms with Gasteiger partial charge in [-0.3, -0.25) is 4.79 Å². The zero-order chi connectivity index (χ0) is 18.2. The van der Waals surface area contributed by atoms with Gasteiger partial charge in [-0.1, -0.05) is 25.4 Å². The molecule has 0 atom stereocenters. The van der Waals surface area contributed by atoms with E-state index in [4.69, 9.17) is 21.1 Å². The molecule has 0 radical (unpaired) electrons. The van der Waals surface area contributed by atoms with E-state index >= 15 is 0 Å². The SMILES string of the molecule is Cc1cc(Cl)ccc1OCC(=O)Nc1ccc(OCCC(C)C)cc1. The van der Waals surface area contributed by atoms with E-state index in [1.54, 1.807) is 18.2 Å². The van der Waals surface area contributed by atoms with Gasteiger partial charge in [-0.25, -0.2) is 0 Å². The summed E-state index contributed by atoms with van der Waals surface area (Å²) in [5.74, 6) is 1.84. The molecule has 2 rings (SSSR count). The topological polar surface area (TPSA) is 47.6 Å². The van der Waals surface area contributed by atoms with E-state index in [1.807, 2.05) is 31.2 Å². The first kappa shape index (κ1) is 19.1. The summed E-state index contributed by atoms with van der Waals surface area (Å²) in [5.41, 5.74) is 1.60. The molecule has 0 fully saturated rings. The van der Waals surface area contributed by atoms with Gasteiger partial charge in [-0.2, -0.15) is 0 Å². The third kappa shape index (κ3) is 6.67. The van der Waals surface area contributed by atoms with Crippen LogP contribution >= 0.6 is 11.6 Å². The highest BCUT2D eigenvalue weighted by Gasteiger charge is 2.06. The molecule has 0 bridgehead atoms. The number of hydrogen-bond donors (Lipinski definition) is 1. The first-order chi connectivity index (χ1) is 11.9. The maximum absolute atomic E-state index is 12.0. The Balaban J connectivity index is 1.80. The summed E-state index contributed by atoms with van der Waals surface area (Å²) in [6.45, 7) is 6.84. The van der Waals surface area contributed by atoms with Gasteiger partial charge in [0.2, 0.25) is 0 Å². The molecule has 0 unspecified atom stereocenters. The quantitative estimate of drug-likeness (QED) is 0.712. The Bertz CT molecular complexity index is 699. The van der Waals surface area contributed by atoms with Crippen LogP contribution in [0.4, 0.5) is 5.69 Å². The molecule has 5 heteroatoms. The molecule has 1 amide bonds. The van der Waals surface area contributed by atoms with Crippen molar-refractivity contribution in [2.24, 2.45) is 5.92 Å². The van der Waals surface area contributed by atoms with E-state index in [2.05, 4.69) is 19.2 Å². The average molecular weight is 362 g/mol. The Morgan fingerprint density at radius 2 is 1.84 bits per heavy atom. The van der Waals surface area contributed by atoms with E-state index in [-0.39, 0.29) is 12.5 Å². The monoisotopic (exact) mass is 361 g/mol. The largest absolute Gasteiger partial charge is 0.494 e. The molecule has 2 aromatic rings. The van der Waals surface area contributed by atoms with Gasteiger partial charge < -0.3 is 14.8 Å². The van der Waals surface area contributed by atoms with E-state index in [0.29, 0.717) is 29.0 Å². The van der Waals surface area contributed by atoms with Crippen molar-refractivity contribution in [3.63, 3.8) is 0 Å². The van der Waals surface area contributed by atoms with E-state index in [1.165, 1.54) is 0 Å². The minimum Gasteiger partial charge on any atom is -0.494 e. The van der Waals surface area contributed by atoms with E-state index < -0.39 is 0 Å². The van der Waals surface area contributed by atoms with Crippen LogP contribution in [-0.2, 0) is 4.79 Å². The number of anilines is 1. The minimum atomic E-state index is -0.220. The summed E-state index contributed by atoms with van der Waals surface area (Å²) in [6, 6.07) is 12.6. The highest BCUT2D eigenvalue weighted by Crippen LogP contribution is 2.22. The summed E-state index contributed by atoms with van der Waals surface area (Å²) in [4.78, 5) is 12.0. The van der Waals surface area contributed by atoms with Gasteiger partial charge in [0.05, 0.1) is 6.61 Å². The molecule has 134 valence electrons. The Kier molecular flexibility index (Phi) is 7.14. The summed E-state index contributed by atoms with van der Waals surface area (Å²) >= 11 is 5.90. The molecule has 0 aliphatic carbocycles. The molecule has 2 aromatic carbocycles. The van der Waals surface area contributed by atoms with Crippen LogP contribution < -0.4 is 14.8 Å². The van der Waals surface area contributed by atoms with Crippen LogP contribution in [0.15, 0.2) is 42.5 Å². The standard InChI is InChI=1S/C20H24ClNO3/c1-14(2)10-11-24-18-7-5-17(6-8-18)22-20(23)13-25-19-9-4-16(21)12-15(19)3/h4-9,12,14H,10-11,13H2,1-3H3,(H,22,23). The van der Waals surface area contributed by atoms with Crippen molar-refractivity contribution in [3.05, 3.63) is 53.1 Å². The molecule has 1 N–H and O–H groups in total. The molecule has 0 saturated heterocycles. The lowest BCUT2D eigenvalue weighted by molar-refractivity contribution is -0.118. The first-order valence-corrected chi connectivity index (χ1v) is 8.73.